The van der Waals surface area contributed by atoms with Crippen LogP contribution < -0.4 is 9.47 Å². The third-order valence-corrected chi connectivity index (χ3v) is 2.79. The summed E-state index contributed by atoms with van der Waals surface area (Å²) < 4.78 is 10.1. The van der Waals surface area contributed by atoms with Gasteiger partial charge in [0.25, 0.3) is 0 Å². The molecule has 0 aliphatic carbocycles. The third kappa shape index (κ3) is 5.32. The lowest BCUT2D eigenvalue weighted by Crippen LogP contribution is -2.04. The Morgan fingerprint density at radius 2 is 1.30 bits per heavy atom. The molecule has 0 aliphatic rings. The zero-order valence-corrected chi connectivity index (χ0v) is 12.8. The molecule has 0 amide bonds. The van der Waals surface area contributed by atoms with E-state index in [0.717, 1.165) is 5.56 Å². The highest BCUT2D eigenvalue weighted by Gasteiger charge is 2.06. The number of carbonyl (C=O) groups is 2. The molecule has 0 bridgehead atoms. The van der Waals surface area contributed by atoms with Crippen molar-refractivity contribution < 1.29 is 24.2 Å². The molecule has 0 spiro atoms. The molecular weight excluding hydrogens is 296 g/mol. The summed E-state index contributed by atoms with van der Waals surface area (Å²) in [6, 6.07) is 11.5. The van der Waals surface area contributed by atoms with Gasteiger partial charge in [-0.05, 0) is 35.4 Å². The molecule has 118 valence electrons. The molecule has 23 heavy (non-hydrogen) atoms. The summed E-state index contributed by atoms with van der Waals surface area (Å²) in [5.74, 6) is -0.142. The van der Waals surface area contributed by atoms with E-state index < -0.39 is 11.9 Å². The fourth-order valence-corrected chi connectivity index (χ4v) is 1.92. The van der Waals surface area contributed by atoms with Gasteiger partial charge in [0.15, 0.2) is 0 Å². The average molecular weight is 312 g/mol. The molecule has 0 aromatic heterocycles. The first-order valence-corrected chi connectivity index (χ1v) is 6.91. The van der Waals surface area contributed by atoms with Crippen molar-refractivity contribution in [2.24, 2.45) is 0 Å². The van der Waals surface area contributed by atoms with Gasteiger partial charge < -0.3 is 14.6 Å². The molecule has 0 radical (unpaired) electrons. The predicted octanol–water partition coefficient (Wildman–Crippen LogP) is 3.41. The molecule has 1 N–H and O–H groups in total. The maximum Gasteiger partial charge on any atom is 0.308 e. The Kier molecular flexibility index (Phi) is 5.15. The predicted molar refractivity (Wildman–Crippen MR) is 86.1 cm³/mol. The third-order valence-electron chi connectivity index (χ3n) is 2.79. The van der Waals surface area contributed by atoms with Crippen molar-refractivity contribution in [2.75, 3.05) is 0 Å². The second kappa shape index (κ2) is 7.26. The lowest BCUT2D eigenvalue weighted by atomic mass is 10.1. The maximum absolute atomic E-state index is 11.1. The smallest absolute Gasteiger partial charge is 0.308 e. The van der Waals surface area contributed by atoms with Gasteiger partial charge in [0.2, 0.25) is 0 Å². The number of carbonyl (C=O) groups excluding carboxylic acids is 2. The van der Waals surface area contributed by atoms with Gasteiger partial charge in [-0.15, -0.1) is 0 Å². The van der Waals surface area contributed by atoms with E-state index in [1.54, 1.807) is 42.5 Å². The second-order valence-corrected chi connectivity index (χ2v) is 4.85. The van der Waals surface area contributed by atoms with Crippen LogP contribution in [0.5, 0.6) is 17.2 Å². The van der Waals surface area contributed by atoms with Gasteiger partial charge in [-0.2, -0.15) is 0 Å². The molecule has 0 fully saturated rings. The van der Waals surface area contributed by atoms with Crippen molar-refractivity contribution in [2.45, 2.75) is 13.8 Å². The maximum atomic E-state index is 11.1. The number of ether oxygens (including phenoxy) is 2. The molecule has 5 nitrogen and oxygen atoms in total. The summed E-state index contributed by atoms with van der Waals surface area (Å²) in [7, 11) is 0. The Morgan fingerprint density at radius 3 is 1.78 bits per heavy atom. The summed E-state index contributed by atoms with van der Waals surface area (Å²) in [6.07, 6.45) is 3.61. The molecule has 0 heterocycles. The van der Waals surface area contributed by atoms with Crippen LogP contribution in [-0.4, -0.2) is 17.0 Å². The standard InChI is InChI=1S/C18H16O5/c1-12(19)22-17-9-15(10-18(11-17)23-13(2)20)4-3-14-5-7-16(21)8-6-14/h3-11,21H,1-2H3/b4-3-. The zero-order valence-electron chi connectivity index (χ0n) is 12.8. The van der Waals surface area contributed by atoms with Gasteiger partial charge >= 0.3 is 11.9 Å². The van der Waals surface area contributed by atoms with E-state index in [-0.39, 0.29) is 5.75 Å². The van der Waals surface area contributed by atoms with E-state index in [0.29, 0.717) is 17.1 Å². The number of hydrogen-bond acceptors (Lipinski definition) is 5. The summed E-state index contributed by atoms with van der Waals surface area (Å²) in [5, 5.41) is 9.26. The van der Waals surface area contributed by atoms with Gasteiger partial charge in [-0.1, -0.05) is 24.3 Å². The zero-order chi connectivity index (χ0) is 16.8. The molecule has 2 rings (SSSR count). The second-order valence-electron chi connectivity index (χ2n) is 4.85. The van der Waals surface area contributed by atoms with Crippen molar-refractivity contribution >= 4 is 24.1 Å². The van der Waals surface area contributed by atoms with Crippen LogP contribution in [0.3, 0.4) is 0 Å². The first-order chi connectivity index (χ1) is 10.9. The largest absolute Gasteiger partial charge is 0.508 e. The van der Waals surface area contributed by atoms with E-state index in [1.165, 1.54) is 19.9 Å². The Labute approximate surface area is 133 Å². The quantitative estimate of drug-likeness (QED) is 0.532. The molecular formula is C18H16O5. The Hall–Kier alpha value is -3.08. The van der Waals surface area contributed by atoms with Crippen molar-refractivity contribution in [3.8, 4) is 17.2 Å². The van der Waals surface area contributed by atoms with E-state index >= 15 is 0 Å². The minimum absolute atomic E-state index is 0.191. The van der Waals surface area contributed by atoms with Crippen LogP contribution in [0.2, 0.25) is 0 Å². The fraction of sp³-hybridized carbons (Fsp3) is 0.111. The molecule has 0 saturated carbocycles. The van der Waals surface area contributed by atoms with Crippen molar-refractivity contribution in [1.29, 1.82) is 0 Å². The van der Waals surface area contributed by atoms with Crippen molar-refractivity contribution in [3.05, 3.63) is 53.6 Å². The molecule has 0 unspecified atom stereocenters. The number of phenols is 1. The highest BCUT2D eigenvalue weighted by atomic mass is 16.5. The SMILES string of the molecule is CC(=O)Oc1cc(/C=C\c2ccc(O)cc2)cc(OC(C)=O)c1. The van der Waals surface area contributed by atoms with Gasteiger partial charge in [0.05, 0.1) is 0 Å². The van der Waals surface area contributed by atoms with Gasteiger partial charge in [-0.25, -0.2) is 0 Å². The Morgan fingerprint density at radius 1 is 0.826 bits per heavy atom. The molecule has 0 atom stereocenters. The fourth-order valence-electron chi connectivity index (χ4n) is 1.92. The summed E-state index contributed by atoms with van der Waals surface area (Å²) >= 11 is 0. The van der Waals surface area contributed by atoms with Gasteiger partial charge in [0.1, 0.15) is 17.2 Å². The normalized spacial score (nSPS) is 10.5. The Bertz CT molecular complexity index is 710. The van der Waals surface area contributed by atoms with Crippen LogP contribution in [-0.2, 0) is 9.59 Å². The highest BCUT2D eigenvalue weighted by Crippen LogP contribution is 2.25. The lowest BCUT2D eigenvalue weighted by Gasteiger charge is -2.07. The average Bonchev–Trinajstić information content (AvgIpc) is 2.45. The van der Waals surface area contributed by atoms with E-state index in [4.69, 9.17) is 9.47 Å². The van der Waals surface area contributed by atoms with E-state index in [1.807, 2.05) is 6.08 Å². The first kappa shape index (κ1) is 16.3. The number of aromatic hydroxyl groups is 1. The van der Waals surface area contributed by atoms with Crippen LogP contribution in [0.4, 0.5) is 0 Å². The van der Waals surface area contributed by atoms with E-state index in [2.05, 4.69) is 0 Å². The van der Waals surface area contributed by atoms with E-state index in [9.17, 15) is 14.7 Å². The van der Waals surface area contributed by atoms with Gasteiger partial charge in [0, 0.05) is 19.9 Å². The molecule has 0 saturated heterocycles. The minimum atomic E-state index is -0.460. The monoisotopic (exact) mass is 312 g/mol. The number of phenolic OH excluding ortho intramolecular Hbond substituents is 1. The number of benzene rings is 2. The van der Waals surface area contributed by atoms with Gasteiger partial charge in [-0.3, -0.25) is 9.59 Å². The van der Waals surface area contributed by atoms with Crippen LogP contribution in [0, 0.1) is 0 Å². The first-order valence-electron chi connectivity index (χ1n) is 6.91. The highest BCUT2D eigenvalue weighted by molar-refractivity contribution is 5.75. The number of hydrogen-bond donors (Lipinski definition) is 1. The Balaban J connectivity index is 2.29. The van der Waals surface area contributed by atoms with Crippen molar-refractivity contribution in [1.82, 2.24) is 0 Å². The molecule has 2 aromatic carbocycles. The lowest BCUT2D eigenvalue weighted by molar-refractivity contribution is -0.132. The molecule has 2 aromatic rings. The molecule has 0 aliphatic heterocycles. The van der Waals surface area contributed by atoms with Crippen LogP contribution in [0.25, 0.3) is 12.2 Å². The van der Waals surface area contributed by atoms with Crippen LogP contribution >= 0.6 is 0 Å². The van der Waals surface area contributed by atoms with Crippen LogP contribution in [0.1, 0.15) is 25.0 Å². The summed E-state index contributed by atoms with van der Waals surface area (Å²) in [4.78, 5) is 22.2. The molecule has 5 heteroatoms. The summed E-state index contributed by atoms with van der Waals surface area (Å²) in [6.45, 7) is 2.59. The number of esters is 2. The topological polar surface area (TPSA) is 72.8 Å². The number of rotatable bonds is 4. The minimum Gasteiger partial charge on any atom is -0.508 e. The van der Waals surface area contributed by atoms with Crippen molar-refractivity contribution in [3.63, 3.8) is 0 Å². The van der Waals surface area contributed by atoms with Crippen LogP contribution in [0.15, 0.2) is 42.5 Å². The summed E-state index contributed by atoms with van der Waals surface area (Å²) in [5.41, 5.74) is 1.59.